The van der Waals surface area contributed by atoms with Crippen molar-refractivity contribution in [3.05, 3.63) is 53.2 Å². The molecule has 0 aliphatic rings. The fourth-order valence-electron chi connectivity index (χ4n) is 1.52. The Morgan fingerprint density at radius 1 is 1.35 bits per heavy atom. The van der Waals surface area contributed by atoms with Gasteiger partial charge in [-0.15, -0.1) is 0 Å². The van der Waals surface area contributed by atoms with E-state index < -0.39 is 23.2 Å². The predicted molar refractivity (Wildman–Crippen MR) is 65.6 cm³/mol. The molecule has 7 heteroatoms. The van der Waals surface area contributed by atoms with E-state index in [4.69, 9.17) is 10.4 Å². The Morgan fingerprint density at radius 2 is 2.10 bits per heavy atom. The van der Waals surface area contributed by atoms with Crippen molar-refractivity contribution in [1.82, 2.24) is 4.98 Å². The molecule has 5 nitrogen and oxygen atoms in total. The molecule has 0 atom stereocenters. The molecule has 0 fully saturated rings. The number of carboxylic acid groups (broad SMARTS) is 1. The topological polar surface area (TPSA) is 86.0 Å². The number of aromatic nitrogens is 1. The van der Waals surface area contributed by atoms with Crippen molar-refractivity contribution in [3.8, 4) is 6.07 Å². The van der Waals surface area contributed by atoms with Crippen molar-refractivity contribution >= 4 is 17.5 Å². The van der Waals surface area contributed by atoms with E-state index in [0.717, 1.165) is 18.3 Å². The summed E-state index contributed by atoms with van der Waals surface area (Å²) in [6, 6.07) is 6.16. The number of hydrogen-bond donors (Lipinski definition) is 2. The van der Waals surface area contributed by atoms with E-state index in [-0.39, 0.29) is 17.1 Å². The van der Waals surface area contributed by atoms with Gasteiger partial charge in [0.15, 0.2) is 11.6 Å². The molecule has 2 aromatic rings. The lowest BCUT2D eigenvalue weighted by Crippen LogP contribution is -2.05. The number of rotatable bonds is 3. The van der Waals surface area contributed by atoms with E-state index in [1.54, 1.807) is 6.07 Å². The fourth-order valence-corrected chi connectivity index (χ4v) is 1.52. The second kappa shape index (κ2) is 5.32. The van der Waals surface area contributed by atoms with Crippen LogP contribution in [0.15, 0.2) is 30.5 Å². The first-order valence-corrected chi connectivity index (χ1v) is 5.37. The minimum Gasteiger partial charge on any atom is -0.478 e. The van der Waals surface area contributed by atoms with Crippen LogP contribution in [0.5, 0.6) is 0 Å². The van der Waals surface area contributed by atoms with Gasteiger partial charge in [-0.2, -0.15) is 5.26 Å². The Kier molecular flexibility index (Phi) is 3.57. The van der Waals surface area contributed by atoms with Crippen molar-refractivity contribution in [2.45, 2.75) is 0 Å². The second-order valence-electron chi connectivity index (χ2n) is 3.76. The number of pyridine rings is 1. The van der Waals surface area contributed by atoms with Gasteiger partial charge in [0, 0.05) is 11.9 Å². The third-order valence-electron chi connectivity index (χ3n) is 2.47. The van der Waals surface area contributed by atoms with Gasteiger partial charge in [0.25, 0.3) is 0 Å². The lowest BCUT2D eigenvalue weighted by molar-refractivity contribution is 0.0692. The smallest absolute Gasteiger partial charge is 0.338 e. The van der Waals surface area contributed by atoms with Crippen LogP contribution >= 0.6 is 0 Å². The molecular weight excluding hydrogens is 268 g/mol. The molecule has 1 heterocycles. The van der Waals surface area contributed by atoms with Crippen molar-refractivity contribution in [2.24, 2.45) is 0 Å². The van der Waals surface area contributed by atoms with Gasteiger partial charge in [-0.25, -0.2) is 18.6 Å². The van der Waals surface area contributed by atoms with Crippen LogP contribution in [-0.4, -0.2) is 16.1 Å². The molecule has 0 radical (unpaired) electrons. The highest BCUT2D eigenvalue weighted by Crippen LogP contribution is 2.21. The molecule has 2 N–H and O–H groups in total. The Bertz CT molecular complexity index is 726. The van der Waals surface area contributed by atoms with Gasteiger partial charge in [-0.1, -0.05) is 0 Å². The van der Waals surface area contributed by atoms with Crippen LogP contribution in [0.4, 0.5) is 20.3 Å². The largest absolute Gasteiger partial charge is 0.478 e. The summed E-state index contributed by atoms with van der Waals surface area (Å²) in [5.74, 6) is -3.49. The third kappa shape index (κ3) is 2.54. The molecule has 1 aromatic heterocycles. The Labute approximate surface area is 112 Å². The number of hydrogen-bond acceptors (Lipinski definition) is 4. The summed E-state index contributed by atoms with van der Waals surface area (Å²) in [5, 5.41) is 20.0. The van der Waals surface area contributed by atoms with E-state index in [2.05, 4.69) is 10.3 Å². The fraction of sp³-hybridized carbons (Fsp3) is 0. The number of anilines is 2. The first-order chi connectivity index (χ1) is 9.52. The first-order valence-electron chi connectivity index (χ1n) is 5.37. The summed E-state index contributed by atoms with van der Waals surface area (Å²) in [6.45, 7) is 0. The van der Waals surface area contributed by atoms with Crippen molar-refractivity contribution in [3.63, 3.8) is 0 Å². The molecule has 0 aliphatic heterocycles. The van der Waals surface area contributed by atoms with Gasteiger partial charge in [0.2, 0.25) is 0 Å². The maximum atomic E-state index is 13.8. The molecule has 0 unspecified atom stereocenters. The van der Waals surface area contributed by atoms with Crippen LogP contribution in [0.2, 0.25) is 0 Å². The van der Waals surface area contributed by atoms with E-state index in [0.29, 0.717) is 0 Å². The minimum absolute atomic E-state index is 0.218. The van der Waals surface area contributed by atoms with E-state index >= 15 is 0 Å². The summed E-state index contributed by atoms with van der Waals surface area (Å²) in [4.78, 5) is 14.5. The Hall–Kier alpha value is -3.01. The molecule has 20 heavy (non-hydrogen) atoms. The summed E-state index contributed by atoms with van der Waals surface area (Å²) in [6.07, 6.45) is 1.13. The molecule has 100 valence electrons. The van der Waals surface area contributed by atoms with E-state index in [1.165, 1.54) is 12.1 Å². The highest BCUT2D eigenvalue weighted by molar-refractivity contribution is 5.89. The number of carbonyl (C=O) groups is 1. The van der Waals surface area contributed by atoms with Crippen LogP contribution in [0.1, 0.15) is 15.9 Å². The average Bonchev–Trinajstić information content (AvgIpc) is 2.42. The quantitative estimate of drug-likeness (QED) is 0.899. The molecular formula is C13H7F2N3O2. The van der Waals surface area contributed by atoms with Crippen molar-refractivity contribution < 1.29 is 18.7 Å². The number of aromatic carboxylic acids is 1. The molecule has 0 bridgehead atoms. The maximum absolute atomic E-state index is 13.8. The van der Waals surface area contributed by atoms with Crippen LogP contribution in [-0.2, 0) is 0 Å². The number of benzene rings is 1. The average molecular weight is 275 g/mol. The number of nitrogens with zero attached hydrogens (tertiary/aromatic N) is 2. The summed E-state index contributed by atoms with van der Waals surface area (Å²) in [5.41, 5.74) is -0.535. The number of nitrogens with one attached hydrogen (secondary N) is 1. The van der Waals surface area contributed by atoms with Gasteiger partial charge < -0.3 is 10.4 Å². The summed E-state index contributed by atoms with van der Waals surface area (Å²) in [7, 11) is 0. The van der Waals surface area contributed by atoms with Crippen LogP contribution in [0.3, 0.4) is 0 Å². The maximum Gasteiger partial charge on any atom is 0.338 e. The monoisotopic (exact) mass is 275 g/mol. The van der Waals surface area contributed by atoms with Crippen LogP contribution < -0.4 is 5.32 Å². The second-order valence-corrected chi connectivity index (χ2v) is 3.76. The number of halogens is 2. The summed E-state index contributed by atoms with van der Waals surface area (Å²) < 4.78 is 27.0. The standard InChI is InChI=1S/C13H7F2N3O2/c14-10-2-1-8(5-7(10)6-16)18-12-11(15)9(13(19)20)3-4-17-12/h1-5H,(H,17,18)(H,19,20). The van der Waals surface area contributed by atoms with Gasteiger partial charge in [-0.05, 0) is 24.3 Å². The van der Waals surface area contributed by atoms with Crippen molar-refractivity contribution in [2.75, 3.05) is 5.32 Å². The SMILES string of the molecule is N#Cc1cc(Nc2nccc(C(=O)O)c2F)ccc1F. The van der Waals surface area contributed by atoms with Gasteiger partial charge in [-0.3, -0.25) is 0 Å². The highest BCUT2D eigenvalue weighted by Gasteiger charge is 2.15. The zero-order chi connectivity index (χ0) is 14.7. The van der Waals surface area contributed by atoms with Crippen LogP contribution in [0, 0.1) is 23.0 Å². The molecule has 0 saturated heterocycles. The number of carboxylic acids is 1. The van der Waals surface area contributed by atoms with Crippen LogP contribution in [0.25, 0.3) is 0 Å². The molecule has 0 spiro atoms. The normalized spacial score (nSPS) is 9.85. The Balaban J connectivity index is 2.38. The zero-order valence-electron chi connectivity index (χ0n) is 9.89. The highest BCUT2D eigenvalue weighted by atomic mass is 19.1. The first kappa shape index (κ1) is 13.4. The molecule has 0 amide bonds. The van der Waals surface area contributed by atoms with Gasteiger partial charge >= 0.3 is 5.97 Å². The Morgan fingerprint density at radius 3 is 2.75 bits per heavy atom. The van der Waals surface area contributed by atoms with E-state index in [1.807, 2.05) is 0 Å². The predicted octanol–water partition coefficient (Wildman–Crippen LogP) is 2.67. The summed E-state index contributed by atoms with van der Waals surface area (Å²) >= 11 is 0. The molecule has 2 rings (SSSR count). The molecule has 0 aliphatic carbocycles. The number of nitriles is 1. The molecule has 0 saturated carbocycles. The minimum atomic E-state index is -1.43. The third-order valence-corrected chi connectivity index (χ3v) is 2.47. The van der Waals surface area contributed by atoms with Gasteiger partial charge in [0.1, 0.15) is 17.4 Å². The zero-order valence-corrected chi connectivity index (χ0v) is 9.89. The van der Waals surface area contributed by atoms with Crippen molar-refractivity contribution in [1.29, 1.82) is 5.26 Å². The van der Waals surface area contributed by atoms with Gasteiger partial charge in [0.05, 0.1) is 5.56 Å². The lowest BCUT2D eigenvalue weighted by atomic mass is 10.2. The molecule has 1 aromatic carbocycles. The lowest BCUT2D eigenvalue weighted by Gasteiger charge is -2.08. The van der Waals surface area contributed by atoms with E-state index in [9.17, 15) is 13.6 Å².